The van der Waals surface area contributed by atoms with Crippen molar-refractivity contribution < 1.29 is 4.79 Å². The van der Waals surface area contributed by atoms with Crippen molar-refractivity contribution in [2.45, 2.75) is 19.8 Å². The standard InChI is InChI=1S/C21H19N3O2/c1-13-14(2)23-20(25)19(22-13)21(26)24-12-17(15-8-4-3-5-9-15)16-10-6-7-11-18(16)24/h3-11,17H,12H2,1-2H3,(H,23,25)/t17-/m0/s1. The molecule has 4 rings (SSSR count). The number of aromatic nitrogens is 2. The number of anilines is 1. The molecule has 1 atom stereocenters. The molecule has 0 fully saturated rings. The minimum absolute atomic E-state index is 0.0587. The SMILES string of the molecule is Cc1nc(C(=O)N2C[C@@H](c3ccccc3)c3ccccc32)c(=O)[nH]c1C. The third kappa shape index (κ3) is 2.62. The van der Waals surface area contributed by atoms with E-state index in [2.05, 4.69) is 22.1 Å². The van der Waals surface area contributed by atoms with Crippen LogP contribution in [-0.4, -0.2) is 22.4 Å². The number of benzene rings is 2. The summed E-state index contributed by atoms with van der Waals surface area (Å²) < 4.78 is 0. The van der Waals surface area contributed by atoms with Crippen molar-refractivity contribution in [2.75, 3.05) is 11.4 Å². The lowest BCUT2D eigenvalue weighted by Gasteiger charge is -2.17. The van der Waals surface area contributed by atoms with Gasteiger partial charge in [0, 0.05) is 23.8 Å². The van der Waals surface area contributed by atoms with Crippen molar-refractivity contribution in [2.24, 2.45) is 0 Å². The summed E-state index contributed by atoms with van der Waals surface area (Å²) in [6.45, 7) is 4.05. The van der Waals surface area contributed by atoms with Gasteiger partial charge in [-0.25, -0.2) is 4.98 Å². The summed E-state index contributed by atoms with van der Waals surface area (Å²) >= 11 is 0. The maximum atomic E-state index is 13.1. The van der Waals surface area contributed by atoms with Crippen LogP contribution in [0, 0.1) is 13.8 Å². The fourth-order valence-electron chi connectivity index (χ4n) is 3.46. The zero-order valence-electron chi connectivity index (χ0n) is 14.7. The Morgan fingerprint density at radius 3 is 2.54 bits per heavy atom. The van der Waals surface area contributed by atoms with Crippen LogP contribution in [0.3, 0.4) is 0 Å². The molecule has 1 N–H and O–H groups in total. The topological polar surface area (TPSA) is 66.1 Å². The highest BCUT2D eigenvalue weighted by Crippen LogP contribution is 2.40. The molecular formula is C21H19N3O2. The number of para-hydroxylation sites is 1. The van der Waals surface area contributed by atoms with Crippen molar-refractivity contribution in [3.05, 3.63) is 93.2 Å². The summed E-state index contributed by atoms with van der Waals surface area (Å²) in [5.41, 5.74) is 3.90. The Kier molecular flexibility index (Phi) is 3.92. The fourth-order valence-corrected chi connectivity index (χ4v) is 3.46. The third-order valence-electron chi connectivity index (χ3n) is 4.96. The maximum absolute atomic E-state index is 13.1. The van der Waals surface area contributed by atoms with Gasteiger partial charge in [0.1, 0.15) is 0 Å². The Morgan fingerprint density at radius 1 is 1.08 bits per heavy atom. The number of nitrogens with zero attached hydrogens (tertiary/aromatic N) is 2. The molecule has 1 amide bonds. The van der Waals surface area contributed by atoms with E-state index in [1.807, 2.05) is 42.5 Å². The third-order valence-corrected chi connectivity index (χ3v) is 4.96. The van der Waals surface area contributed by atoms with E-state index in [-0.39, 0.29) is 17.5 Å². The molecule has 0 spiro atoms. The molecule has 26 heavy (non-hydrogen) atoms. The first kappa shape index (κ1) is 16.3. The molecule has 2 heterocycles. The minimum Gasteiger partial charge on any atom is -0.323 e. The Balaban J connectivity index is 1.78. The van der Waals surface area contributed by atoms with Gasteiger partial charge in [0.15, 0.2) is 5.69 Å². The van der Waals surface area contributed by atoms with Gasteiger partial charge < -0.3 is 9.88 Å². The molecule has 0 bridgehead atoms. The van der Waals surface area contributed by atoms with E-state index in [4.69, 9.17) is 0 Å². The summed E-state index contributed by atoms with van der Waals surface area (Å²) in [5, 5.41) is 0. The Hall–Kier alpha value is -3.21. The second-order valence-corrected chi connectivity index (χ2v) is 6.56. The van der Waals surface area contributed by atoms with E-state index < -0.39 is 5.56 Å². The summed E-state index contributed by atoms with van der Waals surface area (Å²) in [5.74, 6) is -0.276. The highest BCUT2D eigenvalue weighted by atomic mass is 16.2. The molecule has 5 heteroatoms. The molecule has 1 aromatic heterocycles. The molecule has 0 aliphatic carbocycles. The smallest absolute Gasteiger partial charge is 0.282 e. The molecule has 0 saturated heterocycles. The Labute approximate surface area is 151 Å². The lowest BCUT2D eigenvalue weighted by atomic mass is 9.93. The van der Waals surface area contributed by atoms with Crippen LogP contribution in [0.4, 0.5) is 5.69 Å². The largest absolute Gasteiger partial charge is 0.323 e. The number of H-pyrrole nitrogens is 1. The first-order valence-electron chi connectivity index (χ1n) is 8.59. The number of fused-ring (bicyclic) bond motifs is 1. The van der Waals surface area contributed by atoms with Crippen LogP contribution < -0.4 is 10.5 Å². The second-order valence-electron chi connectivity index (χ2n) is 6.56. The molecule has 0 saturated carbocycles. The zero-order valence-corrected chi connectivity index (χ0v) is 14.7. The van der Waals surface area contributed by atoms with Crippen LogP contribution >= 0.6 is 0 Å². The van der Waals surface area contributed by atoms with Crippen LogP contribution in [0.25, 0.3) is 0 Å². The number of aromatic amines is 1. The van der Waals surface area contributed by atoms with Crippen molar-refractivity contribution in [3.63, 3.8) is 0 Å². The number of aryl methyl sites for hydroxylation is 2. The summed E-state index contributed by atoms with van der Waals surface area (Å²) in [7, 11) is 0. The molecule has 1 aliphatic rings. The highest BCUT2D eigenvalue weighted by Gasteiger charge is 2.34. The highest BCUT2D eigenvalue weighted by molar-refractivity contribution is 6.06. The first-order chi connectivity index (χ1) is 12.6. The maximum Gasteiger partial charge on any atom is 0.282 e. The summed E-state index contributed by atoms with van der Waals surface area (Å²) in [6, 6.07) is 18.0. The van der Waals surface area contributed by atoms with E-state index in [0.29, 0.717) is 17.9 Å². The van der Waals surface area contributed by atoms with Crippen molar-refractivity contribution in [1.82, 2.24) is 9.97 Å². The van der Waals surface area contributed by atoms with Crippen LogP contribution in [-0.2, 0) is 0 Å². The second kappa shape index (κ2) is 6.26. The molecule has 1 aliphatic heterocycles. The molecule has 5 nitrogen and oxygen atoms in total. The molecule has 3 aromatic rings. The number of carbonyl (C=O) groups excluding carboxylic acids is 1. The van der Waals surface area contributed by atoms with Gasteiger partial charge in [-0.2, -0.15) is 0 Å². The van der Waals surface area contributed by atoms with E-state index >= 15 is 0 Å². The Bertz CT molecular complexity index is 1040. The number of amides is 1. The molecular weight excluding hydrogens is 326 g/mol. The van der Waals surface area contributed by atoms with Gasteiger partial charge in [0.05, 0.1) is 5.69 Å². The molecule has 0 radical (unpaired) electrons. The molecule has 2 aromatic carbocycles. The monoisotopic (exact) mass is 345 g/mol. The van der Waals surface area contributed by atoms with E-state index in [1.54, 1.807) is 18.7 Å². The normalized spacial score (nSPS) is 15.8. The average molecular weight is 345 g/mol. The van der Waals surface area contributed by atoms with Gasteiger partial charge in [-0.3, -0.25) is 9.59 Å². The lowest BCUT2D eigenvalue weighted by molar-refractivity contribution is 0.0982. The predicted molar refractivity (Wildman–Crippen MR) is 101 cm³/mol. The summed E-state index contributed by atoms with van der Waals surface area (Å²) in [6.07, 6.45) is 0. The minimum atomic E-state index is -0.446. The number of hydrogen-bond donors (Lipinski definition) is 1. The van der Waals surface area contributed by atoms with Crippen LogP contribution in [0.1, 0.15) is 38.9 Å². The first-order valence-corrected chi connectivity index (χ1v) is 8.59. The Morgan fingerprint density at radius 2 is 1.77 bits per heavy atom. The zero-order chi connectivity index (χ0) is 18.3. The van der Waals surface area contributed by atoms with Gasteiger partial charge in [-0.15, -0.1) is 0 Å². The van der Waals surface area contributed by atoms with Gasteiger partial charge in [0.2, 0.25) is 0 Å². The van der Waals surface area contributed by atoms with Crippen LogP contribution in [0.15, 0.2) is 59.4 Å². The predicted octanol–water partition coefficient (Wildman–Crippen LogP) is 3.18. The number of hydrogen-bond acceptors (Lipinski definition) is 3. The number of carbonyl (C=O) groups is 1. The number of nitrogens with one attached hydrogen (secondary N) is 1. The molecule has 130 valence electrons. The van der Waals surface area contributed by atoms with E-state index in [0.717, 1.165) is 16.8 Å². The summed E-state index contributed by atoms with van der Waals surface area (Å²) in [4.78, 5) is 34.0. The molecule has 0 unspecified atom stereocenters. The number of rotatable bonds is 2. The van der Waals surface area contributed by atoms with Crippen molar-refractivity contribution in [3.8, 4) is 0 Å². The van der Waals surface area contributed by atoms with Crippen LogP contribution in [0.5, 0.6) is 0 Å². The van der Waals surface area contributed by atoms with E-state index in [9.17, 15) is 9.59 Å². The van der Waals surface area contributed by atoms with Crippen molar-refractivity contribution >= 4 is 11.6 Å². The fraction of sp³-hybridized carbons (Fsp3) is 0.190. The van der Waals surface area contributed by atoms with Crippen LogP contribution in [0.2, 0.25) is 0 Å². The van der Waals surface area contributed by atoms with Gasteiger partial charge in [-0.1, -0.05) is 48.5 Å². The van der Waals surface area contributed by atoms with Gasteiger partial charge in [-0.05, 0) is 31.0 Å². The van der Waals surface area contributed by atoms with Gasteiger partial charge >= 0.3 is 0 Å². The van der Waals surface area contributed by atoms with Crippen molar-refractivity contribution in [1.29, 1.82) is 0 Å². The lowest BCUT2D eigenvalue weighted by Crippen LogP contribution is -2.35. The van der Waals surface area contributed by atoms with Gasteiger partial charge in [0.25, 0.3) is 11.5 Å². The quantitative estimate of drug-likeness (QED) is 0.776. The average Bonchev–Trinajstić information content (AvgIpc) is 3.05. The van der Waals surface area contributed by atoms with E-state index in [1.165, 1.54) is 0 Å².